The molecule has 4 heteroatoms. The molecular formula is C9H19N3O. The lowest BCUT2D eigenvalue weighted by molar-refractivity contribution is -0.125. The molecule has 4 nitrogen and oxygen atoms in total. The van der Waals surface area contributed by atoms with Crippen molar-refractivity contribution in [2.75, 3.05) is 26.2 Å². The number of nitrogens with zero attached hydrogens (tertiary/aromatic N) is 1. The van der Waals surface area contributed by atoms with Crippen LogP contribution in [0.5, 0.6) is 0 Å². The molecule has 0 spiro atoms. The molecule has 0 aromatic carbocycles. The van der Waals surface area contributed by atoms with Crippen molar-refractivity contribution < 1.29 is 4.79 Å². The molecule has 0 bridgehead atoms. The third-order valence-corrected chi connectivity index (χ3v) is 2.55. The molecular weight excluding hydrogens is 166 g/mol. The van der Waals surface area contributed by atoms with Crippen molar-refractivity contribution in [2.24, 2.45) is 11.7 Å². The van der Waals surface area contributed by atoms with Crippen LogP contribution in [0.15, 0.2) is 0 Å². The third-order valence-electron chi connectivity index (χ3n) is 2.55. The van der Waals surface area contributed by atoms with Gasteiger partial charge in [-0.25, -0.2) is 0 Å². The summed E-state index contributed by atoms with van der Waals surface area (Å²) in [7, 11) is 0. The van der Waals surface area contributed by atoms with Gasteiger partial charge in [0, 0.05) is 25.7 Å². The first-order chi connectivity index (χ1) is 6.15. The minimum Gasteiger partial charge on any atom is -0.354 e. The summed E-state index contributed by atoms with van der Waals surface area (Å²) in [5.74, 6) is 0.626. The van der Waals surface area contributed by atoms with E-state index in [0.29, 0.717) is 25.0 Å². The molecule has 0 aliphatic carbocycles. The number of hydrogen-bond acceptors (Lipinski definition) is 3. The summed E-state index contributed by atoms with van der Waals surface area (Å²) in [6.07, 6.45) is 0. The second-order valence-electron chi connectivity index (χ2n) is 3.87. The quantitative estimate of drug-likeness (QED) is 0.617. The average Bonchev–Trinajstić information content (AvgIpc) is 2.04. The molecule has 0 aromatic rings. The topological polar surface area (TPSA) is 58.4 Å². The van der Waals surface area contributed by atoms with Crippen LogP contribution in [0.4, 0.5) is 0 Å². The lowest BCUT2D eigenvalue weighted by atomic mass is 10.0. The molecule has 1 fully saturated rings. The van der Waals surface area contributed by atoms with E-state index in [4.69, 9.17) is 5.73 Å². The zero-order chi connectivity index (χ0) is 9.84. The van der Waals surface area contributed by atoms with E-state index < -0.39 is 0 Å². The van der Waals surface area contributed by atoms with Gasteiger partial charge in [-0.15, -0.1) is 0 Å². The van der Waals surface area contributed by atoms with Gasteiger partial charge >= 0.3 is 0 Å². The molecule has 1 rings (SSSR count). The minimum atomic E-state index is 0.116. The maximum Gasteiger partial charge on any atom is 0.234 e. The Labute approximate surface area is 79.5 Å². The van der Waals surface area contributed by atoms with Gasteiger partial charge in [-0.3, -0.25) is 9.69 Å². The zero-order valence-electron chi connectivity index (χ0n) is 8.42. The Bertz CT molecular complexity index is 182. The minimum absolute atomic E-state index is 0.116. The average molecular weight is 185 g/mol. The van der Waals surface area contributed by atoms with E-state index in [1.54, 1.807) is 0 Å². The molecule has 1 unspecified atom stereocenters. The van der Waals surface area contributed by atoms with Crippen molar-refractivity contribution in [2.45, 2.75) is 19.9 Å². The van der Waals surface area contributed by atoms with E-state index >= 15 is 0 Å². The van der Waals surface area contributed by atoms with Crippen LogP contribution >= 0.6 is 0 Å². The summed E-state index contributed by atoms with van der Waals surface area (Å²) in [5, 5.41) is 2.81. The predicted molar refractivity (Wildman–Crippen MR) is 52.3 cm³/mol. The van der Waals surface area contributed by atoms with Crippen molar-refractivity contribution in [3.8, 4) is 0 Å². The summed E-state index contributed by atoms with van der Waals surface area (Å²) in [6.45, 7) is 7.09. The number of nitrogens with one attached hydrogen (secondary N) is 1. The van der Waals surface area contributed by atoms with Crippen molar-refractivity contribution >= 4 is 5.91 Å². The van der Waals surface area contributed by atoms with Crippen molar-refractivity contribution in [3.05, 3.63) is 0 Å². The highest BCUT2D eigenvalue weighted by atomic mass is 16.2. The Hall–Kier alpha value is -0.610. The molecule has 3 N–H and O–H groups in total. The lowest BCUT2D eigenvalue weighted by Crippen LogP contribution is -2.55. The van der Waals surface area contributed by atoms with Crippen LogP contribution < -0.4 is 11.1 Å². The lowest BCUT2D eigenvalue weighted by Gasteiger charge is -2.35. The summed E-state index contributed by atoms with van der Waals surface area (Å²) in [6, 6.07) is 0.339. The van der Waals surface area contributed by atoms with Crippen LogP contribution in [0.25, 0.3) is 0 Å². The largest absolute Gasteiger partial charge is 0.354 e. The van der Waals surface area contributed by atoms with Crippen LogP contribution in [-0.4, -0.2) is 43.0 Å². The maximum absolute atomic E-state index is 11.1. The highest BCUT2D eigenvalue weighted by Crippen LogP contribution is 2.10. The molecule has 1 amide bonds. The number of carbonyl (C=O) groups excluding carboxylic acids is 1. The van der Waals surface area contributed by atoms with Crippen molar-refractivity contribution in [1.29, 1.82) is 0 Å². The first-order valence-electron chi connectivity index (χ1n) is 4.86. The normalized spacial score (nSPS) is 21.7. The van der Waals surface area contributed by atoms with Crippen LogP contribution in [-0.2, 0) is 4.79 Å². The Kier molecular flexibility index (Phi) is 3.69. The fourth-order valence-corrected chi connectivity index (χ4v) is 1.78. The second-order valence-corrected chi connectivity index (χ2v) is 3.87. The van der Waals surface area contributed by atoms with E-state index in [1.165, 1.54) is 0 Å². The summed E-state index contributed by atoms with van der Waals surface area (Å²) in [5.41, 5.74) is 5.68. The van der Waals surface area contributed by atoms with Crippen LogP contribution in [0.1, 0.15) is 13.8 Å². The van der Waals surface area contributed by atoms with Gasteiger partial charge in [-0.1, -0.05) is 13.8 Å². The zero-order valence-corrected chi connectivity index (χ0v) is 8.42. The van der Waals surface area contributed by atoms with Gasteiger partial charge in [0.2, 0.25) is 5.91 Å². The number of rotatable bonds is 3. The molecule has 1 aliphatic rings. The molecule has 1 atom stereocenters. The fraction of sp³-hybridized carbons (Fsp3) is 0.889. The van der Waals surface area contributed by atoms with E-state index in [9.17, 15) is 4.79 Å². The summed E-state index contributed by atoms with van der Waals surface area (Å²) >= 11 is 0. The Morgan fingerprint density at radius 2 is 2.31 bits per heavy atom. The maximum atomic E-state index is 11.1. The SMILES string of the molecule is CC(C)C(CN)N1CCNC(=O)C1. The molecule has 1 saturated heterocycles. The molecule has 76 valence electrons. The number of piperazine rings is 1. The number of amides is 1. The highest BCUT2D eigenvalue weighted by molar-refractivity contribution is 5.78. The monoisotopic (exact) mass is 185 g/mol. The number of carbonyl (C=O) groups is 1. The number of nitrogens with two attached hydrogens (primary N) is 1. The van der Waals surface area contributed by atoms with Gasteiger partial charge in [-0.2, -0.15) is 0 Å². The smallest absolute Gasteiger partial charge is 0.234 e. The van der Waals surface area contributed by atoms with Gasteiger partial charge in [0.25, 0.3) is 0 Å². The van der Waals surface area contributed by atoms with Gasteiger partial charge in [-0.05, 0) is 5.92 Å². The van der Waals surface area contributed by atoms with Gasteiger partial charge in [0.05, 0.1) is 6.54 Å². The standard InChI is InChI=1S/C9H19N3O/c1-7(2)8(5-10)12-4-3-11-9(13)6-12/h7-8H,3-6,10H2,1-2H3,(H,11,13). The first kappa shape index (κ1) is 10.5. The summed E-state index contributed by atoms with van der Waals surface area (Å²) in [4.78, 5) is 13.3. The van der Waals surface area contributed by atoms with Crippen LogP contribution in [0.3, 0.4) is 0 Å². The molecule has 0 aromatic heterocycles. The van der Waals surface area contributed by atoms with Gasteiger partial charge in [0.1, 0.15) is 0 Å². The molecule has 1 aliphatic heterocycles. The summed E-state index contributed by atoms with van der Waals surface area (Å²) < 4.78 is 0. The highest BCUT2D eigenvalue weighted by Gasteiger charge is 2.24. The number of hydrogen-bond donors (Lipinski definition) is 2. The molecule has 0 radical (unpaired) electrons. The van der Waals surface area contributed by atoms with Crippen LogP contribution in [0, 0.1) is 5.92 Å². The first-order valence-corrected chi connectivity index (χ1v) is 4.86. The third kappa shape index (κ3) is 2.67. The van der Waals surface area contributed by atoms with Gasteiger partial charge in [0.15, 0.2) is 0 Å². The Balaban J connectivity index is 2.52. The fourth-order valence-electron chi connectivity index (χ4n) is 1.78. The van der Waals surface area contributed by atoms with E-state index in [2.05, 4.69) is 24.1 Å². The van der Waals surface area contributed by atoms with E-state index in [-0.39, 0.29) is 5.91 Å². The van der Waals surface area contributed by atoms with Gasteiger partial charge < -0.3 is 11.1 Å². The molecule has 0 saturated carbocycles. The molecule has 13 heavy (non-hydrogen) atoms. The van der Waals surface area contributed by atoms with Crippen molar-refractivity contribution in [3.63, 3.8) is 0 Å². The Morgan fingerprint density at radius 3 is 2.77 bits per heavy atom. The van der Waals surface area contributed by atoms with Crippen LogP contribution in [0.2, 0.25) is 0 Å². The van der Waals surface area contributed by atoms with E-state index in [1.807, 2.05) is 0 Å². The Morgan fingerprint density at radius 1 is 1.62 bits per heavy atom. The molecule has 1 heterocycles. The van der Waals surface area contributed by atoms with E-state index in [0.717, 1.165) is 13.1 Å². The predicted octanol–water partition coefficient (Wildman–Crippen LogP) is -0.598. The van der Waals surface area contributed by atoms with Crippen molar-refractivity contribution in [1.82, 2.24) is 10.2 Å². The second kappa shape index (κ2) is 4.58.